The van der Waals surface area contributed by atoms with E-state index in [9.17, 15) is 4.79 Å². The highest BCUT2D eigenvalue weighted by atomic mass is 32.1. The van der Waals surface area contributed by atoms with E-state index in [1.165, 1.54) is 0 Å². The number of carboxylic acid groups (broad SMARTS) is 1. The van der Waals surface area contributed by atoms with Crippen LogP contribution in [0.3, 0.4) is 0 Å². The molecule has 0 spiro atoms. The van der Waals surface area contributed by atoms with Crippen molar-refractivity contribution in [3.05, 3.63) is 64.2 Å². The van der Waals surface area contributed by atoms with Crippen LogP contribution in [0.15, 0.2) is 41.4 Å². The number of aliphatic carboxylic acids is 1. The number of hydrogen-bond acceptors (Lipinski definition) is 4. The first-order valence-corrected chi connectivity index (χ1v) is 9.70. The Hall–Kier alpha value is -2.77. The van der Waals surface area contributed by atoms with Crippen LogP contribution in [0.2, 0.25) is 0 Å². The molecule has 3 N–H and O–H groups in total. The van der Waals surface area contributed by atoms with Crippen LogP contribution in [0.25, 0.3) is 0 Å². The van der Waals surface area contributed by atoms with Crippen molar-refractivity contribution in [1.29, 1.82) is 0 Å². The van der Waals surface area contributed by atoms with Gasteiger partial charge < -0.3 is 15.6 Å². The minimum Gasteiger partial charge on any atom is -0.480 e. The van der Waals surface area contributed by atoms with Crippen molar-refractivity contribution >= 4 is 29.2 Å². The number of benzene rings is 2. The Morgan fingerprint density at radius 3 is 2.45 bits per heavy atom. The van der Waals surface area contributed by atoms with Gasteiger partial charge in [-0.3, -0.25) is 9.69 Å². The summed E-state index contributed by atoms with van der Waals surface area (Å²) in [7, 11) is 1.79. The molecule has 0 saturated carbocycles. The van der Waals surface area contributed by atoms with Crippen LogP contribution >= 0.6 is 12.2 Å². The van der Waals surface area contributed by atoms with Gasteiger partial charge in [0, 0.05) is 12.1 Å². The van der Waals surface area contributed by atoms with E-state index in [1.54, 1.807) is 11.9 Å². The maximum absolute atomic E-state index is 10.8. The number of hydrogen-bond donors (Lipinski definition) is 2. The molecule has 7 heteroatoms. The van der Waals surface area contributed by atoms with Crippen LogP contribution in [0.1, 0.15) is 27.8 Å². The zero-order valence-corrected chi connectivity index (χ0v) is 18.0. The molecule has 2 aromatic rings. The van der Waals surface area contributed by atoms with Crippen molar-refractivity contribution in [2.24, 2.45) is 10.7 Å². The molecule has 0 heterocycles. The molecule has 2 rings (SSSR count). The van der Waals surface area contributed by atoms with Crippen molar-refractivity contribution < 1.29 is 14.6 Å². The van der Waals surface area contributed by atoms with Crippen molar-refractivity contribution in [2.75, 3.05) is 20.1 Å². The lowest BCUT2D eigenvalue weighted by Gasteiger charge is -2.16. The normalized spacial score (nSPS) is 11.6. The lowest BCUT2D eigenvalue weighted by atomic mass is 10.0. The molecular weight excluding hydrogens is 386 g/mol. The van der Waals surface area contributed by atoms with Crippen molar-refractivity contribution in [1.82, 2.24) is 4.90 Å². The summed E-state index contributed by atoms with van der Waals surface area (Å²) in [5.41, 5.74) is 11.1. The quantitative estimate of drug-likeness (QED) is 0.412. The van der Waals surface area contributed by atoms with E-state index >= 15 is 0 Å². The standard InChI is InChI=1S/C22H27N3O3S/c1-14-5-7-17(8-6-14)21(23)24-22(29)28-19-12-15(2)18(11-16(19)3)9-10-25(4)13-20(26)27/h5-8,11-12H,9-10,13H2,1-4H3,(H,26,27)(H2,23,24,29). The summed E-state index contributed by atoms with van der Waals surface area (Å²) in [5, 5.41) is 8.91. The Bertz CT molecular complexity index is 924. The Morgan fingerprint density at radius 1 is 1.17 bits per heavy atom. The molecule has 0 aliphatic rings. The largest absolute Gasteiger partial charge is 0.480 e. The topological polar surface area (TPSA) is 88.2 Å². The van der Waals surface area contributed by atoms with E-state index in [4.69, 9.17) is 27.8 Å². The van der Waals surface area contributed by atoms with E-state index in [1.807, 2.05) is 57.2 Å². The van der Waals surface area contributed by atoms with Gasteiger partial charge in [-0.05, 0) is 69.2 Å². The predicted molar refractivity (Wildman–Crippen MR) is 120 cm³/mol. The fourth-order valence-corrected chi connectivity index (χ4v) is 3.04. The number of carbonyl (C=O) groups is 1. The van der Waals surface area contributed by atoms with Gasteiger partial charge in [0.2, 0.25) is 0 Å². The summed E-state index contributed by atoms with van der Waals surface area (Å²) >= 11 is 5.25. The first kappa shape index (κ1) is 22.5. The van der Waals surface area contributed by atoms with E-state index in [-0.39, 0.29) is 11.7 Å². The minimum atomic E-state index is -0.830. The second kappa shape index (κ2) is 10.1. The van der Waals surface area contributed by atoms with Gasteiger partial charge in [-0.25, -0.2) is 0 Å². The molecule has 29 heavy (non-hydrogen) atoms. The number of aliphatic imine (C=N–C) groups is 1. The van der Waals surface area contributed by atoms with Gasteiger partial charge in [0.15, 0.2) is 0 Å². The molecule has 154 valence electrons. The third-order valence-electron chi connectivity index (χ3n) is 4.56. The SMILES string of the molecule is Cc1ccc(C(N)=NC(=S)Oc2cc(C)c(CCN(C)CC(=O)O)cc2C)cc1. The number of thiocarbonyl (C=S) groups is 1. The van der Waals surface area contributed by atoms with Gasteiger partial charge in [-0.2, -0.15) is 4.99 Å². The van der Waals surface area contributed by atoms with Gasteiger partial charge in [-0.1, -0.05) is 35.9 Å². The molecule has 0 atom stereocenters. The number of likely N-dealkylation sites (N-methyl/N-ethyl adjacent to an activating group) is 1. The molecule has 0 aliphatic heterocycles. The lowest BCUT2D eigenvalue weighted by molar-refractivity contribution is -0.137. The average molecular weight is 414 g/mol. The lowest BCUT2D eigenvalue weighted by Crippen LogP contribution is -2.27. The predicted octanol–water partition coefficient (Wildman–Crippen LogP) is 3.24. The molecule has 0 radical (unpaired) electrons. The molecule has 6 nitrogen and oxygen atoms in total. The Kier molecular flexibility index (Phi) is 7.87. The maximum atomic E-state index is 10.8. The molecule has 2 aromatic carbocycles. The number of aryl methyl sites for hydroxylation is 3. The van der Waals surface area contributed by atoms with E-state index in [0.717, 1.165) is 34.2 Å². The average Bonchev–Trinajstić information content (AvgIpc) is 2.63. The zero-order valence-electron chi connectivity index (χ0n) is 17.2. The van der Waals surface area contributed by atoms with Crippen molar-refractivity contribution in [3.8, 4) is 5.75 Å². The summed E-state index contributed by atoms with van der Waals surface area (Å²) in [6.07, 6.45) is 0.750. The Labute approximate surface area is 177 Å². The number of rotatable bonds is 7. The van der Waals surface area contributed by atoms with Crippen LogP contribution in [-0.2, 0) is 11.2 Å². The Balaban J connectivity index is 2.06. The summed E-state index contributed by atoms with van der Waals surface area (Å²) < 4.78 is 5.75. The van der Waals surface area contributed by atoms with E-state index in [0.29, 0.717) is 18.1 Å². The summed E-state index contributed by atoms with van der Waals surface area (Å²) in [5.74, 6) is 0.112. The Morgan fingerprint density at radius 2 is 1.83 bits per heavy atom. The number of amidine groups is 1. The minimum absolute atomic E-state index is 0.0217. The zero-order chi connectivity index (χ0) is 21.6. The second-order valence-corrected chi connectivity index (χ2v) is 7.51. The van der Waals surface area contributed by atoms with Crippen LogP contribution in [0.5, 0.6) is 5.75 Å². The van der Waals surface area contributed by atoms with Crippen LogP contribution in [0, 0.1) is 20.8 Å². The van der Waals surface area contributed by atoms with Crippen LogP contribution in [-0.4, -0.2) is 47.1 Å². The first-order valence-electron chi connectivity index (χ1n) is 9.29. The van der Waals surface area contributed by atoms with Gasteiger partial charge in [0.05, 0.1) is 6.54 Å². The van der Waals surface area contributed by atoms with E-state index < -0.39 is 5.97 Å². The summed E-state index contributed by atoms with van der Waals surface area (Å²) in [6.45, 7) is 6.61. The van der Waals surface area contributed by atoms with Crippen molar-refractivity contribution in [3.63, 3.8) is 0 Å². The highest BCUT2D eigenvalue weighted by Crippen LogP contribution is 2.24. The molecule has 0 unspecified atom stereocenters. The molecular formula is C22H27N3O3S. The first-order chi connectivity index (χ1) is 13.7. The van der Waals surface area contributed by atoms with Crippen LogP contribution in [0.4, 0.5) is 0 Å². The monoisotopic (exact) mass is 413 g/mol. The number of ether oxygens (including phenoxy) is 1. The third kappa shape index (κ3) is 6.96. The van der Waals surface area contributed by atoms with Crippen molar-refractivity contribution in [2.45, 2.75) is 27.2 Å². The van der Waals surface area contributed by atoms with E-state index in [2.05, 4.69) is 4.99 Å². The molecule has 0 aromatic heterocycles. The number of nitrogens with zero attached hydrogens (tertiary/aromatic N) is 2. The highest BCUT2D eigenvalue weighted by molar-refractivity contribution is 7.80. The molecule has 0 amide bonds. The second-order valence-electron chi connectivity index (χ2n) is 7.16. The van der Waals surface area contributed by atoms with Gasteiger partial charge in [0.25, 0.3) is 5.17 Å². The smallest absolute Gasteiger partial charge is 0.317 e. The van der Waals surface area contributed by atoms with Gasteiger partial charge in [0.1, 0.15) is 11.6 Å². The summed E-state index contributed by atoms with van der Waals surface area (Å²) in [4.78, 5) is 16.8. The number of nitrogens with two attached hydrogens (primary N) is 1. The molecule has 0 fully saturated rings. The third-order valence-corrected chi connectivity index (χ3v) is 4.73. The van der Waals surface area contributed by atoms with Crippen LogP contribution < -0.4 is 10.5 Å². The van der Waals surface area contributed by atoms with Gasteiger partial charge in [-0.15, -0.1) is 0 Å². The molecule has 0 saturated heterocycles. The van der Waals surface area contributed by atoms with Gasteiger partial charge >= 0.3 is 5.97 Å². The maximum Gasteiger partial charge on any atom is 0.317 e. The molecule has 0 bridgehead atoms. The molecule has 0 aliphatic carbocycles. The fourth-order valence-electron chi connectivity index (χ4n) is 2.85. The highest BCUT2D eigenvalue weighted by Gasteiger charge is 2.11. The number of carboxylic acids is 1. The fraction of sp³-hybridized carbons (Fsp3) is 0.318. The summed E-state index contributed by atoms with van der Waals surface area (Å²) in [6, 6.07) is 11.7.